The number of amides is 1. The molecule has 0 radical (unpaired) electrons. The highest BCUT2D eigenvalue weighted by Crippen LogP contribution is 2.15. The molecule has 0 aromatic heterocycles. The van der Waals surface area contributed by atoms with Crippen LogP contribution in [0.2, 0.25) is 0 Å². The molecule has 1 amide bonds. The molecule has 2 rings (SSSR count). The predicted molar refractivity (Wildman–Crippen MR) is 76.9 cm³/mol. The lowest BCUT2D eigenvalue weighted by Crippen LogP contribution is -2.37. The molecule has 1 unspecified atom stereocenters. The number of rotatable bonds is 6. The molecule has 1 aromatic carbocycles. The van der Waals surface area contributed by atoms with Crippen LogP contribution in [0.15, 0.2) is 24.3 Å². The normalized spacial score (nSPS) is 19.7. The molecule has 4 nitrogen and oxygen atoms in total. The van der Waals surface area contributed by atoms with Gasteiger partial charge in [0.2, 0.25) is 5.91 Å². The van der Waals surface area contributed by atoms with Crippen LogP contribution in [0.5, 0.6) is 0 Å². The summed E-state index contributed by atoms with van der Waals surface area (Å²) < 4.78 is 0. The van der Waals surface area contributed by atoms with Gasteiger partial charge in [-0.25, -0.2) is 0 Å². The monoisotopic (exact) mass is 261 g/mol. The van der Waals surface area contributed by atoms with E-state index in [1.54, 1.807) is 6.07 Å². The number of benzene rings is 1. The van der Waals surface area contributed by atoms with Gasteiger partial charge in [-0.2, -0.15) is 0 Å². The first-order chi connectivity index (χ1) is 9.20. The molecule has 1 saturated heterocycles. The summed E-state index contributed by atoms with van der Waals surface area (Å²) in [6, 6.07) is 8.17. The number of carbonyl (C=O) groups excluding carboxylic acids is 1. The van der Waals surface area contributed by atoms with E-state index in [1.165, 1.54) is 19.4 Å². The predicted octanol–water partition coefficient (Wildman–Crippen LogP) is 1.36. The second-order valence-corrected chi connectivity index (χ2v) is 5.12. The van der Waals surface area contributed by atoms with Crippen LogP contribution in [-0.2, 0) is 6.54 Å². The number of primary amides is 1. The highest BCUT2D eigenvalue weighted by Gasteiger charge is 2.21. The summed E-state index contributed by atoms with van der Waals surface area (Å²) in [4.78, 5) is 13.6. The summed E-state index contributed by atoms with van der Waals surface area (Å²) in [5, 5.41) is 3.48. The largest absolute Gasteiger partial charge is 0.366 e. The first kappa shape index (κ1) is 14.0. The highest BCUT2D eigenvalue weighted by atomic mass is 16.1. The molecule has 1 aliphatic heterocycles. The molecule has 0 bridgehead atoms. The Morgan fingerprint density at radius 2 is 2.37 bits per heavy atom. The molecule has 104 valence electrons. The van der Waals surface area contributed by atoms with Gasteiger partial charge in [0.1, 0.15) is 0 Å². The minimum Gasteiger partial charge on any atom is -0.366 e. The summed E-state index contributed by atoms with van der Waals surface area (Å²) in [7, 11) is 0. The molecule has 1 atom stereocenters. The Morgan fingerprint density at radius 3 is 3.11 bits per heavy atom. The van der Waals surface area contributed by atoms with Gasteiger partial charge >= 0.3 is 0 Å². The van der Waals surface area contributed by atoms with Crippen LogP contribution in [0, 0.1) is 0 Å². The topological polar surface area (TPSA) is 58.4 Å². The number of hydrogen-bond acceptors (Lipinski definition) is 3. The molecule has 19 heavy (non-hydrogen) atoms. The summed E-state index contributed by atoms with van der Waals surface area (Å²) in [5.74, 6) is -0.366. The smallest absolute Gasteiger partial charge is 0.248 e. The minimum absolute atomic E-state index is 0.366. The lowest BCUT2D eigenvalue weighted by atomic mass is 10.1. The van der Waals surface area contributed by atoms with E-state index in [1.807, 2.05) is 18.2 Å². The first-order valence-electron chi connectivity index (χ1n) is 7.04. The van der Waals surface area contributed by atoms with Crippen molar-refractivity contribution >= 4 is 5.91 Å². The highest BCUT2D eigenvalue weighted by molar-refractivity contribution is 5.92. The molecule has 4 heteroatoms. The Labute approximate surface area is 115 Å². The van der Waals surface area contributed by atoms with Crippen molar-refractivity contribution in [2.75, 3.05) is 19.6 Å². The van der Waals surface area contributed by atoms with Gasteiger partial charge in [-0.1, -0.05) is 19.1 Å². The van der Waals surface area contributed by atoms with Crippen molar-refractivity contribution in [1.29, 1.82) is 0 Å². The van der Waals surface area contributed by atoms with Gasteiger partial charge in [-0.05, 0) is 43.6 Å². The lowest BCUT2D eigenvalue weighted by molar-refractivity contribution is 0.1000. The number of hydrogen-bond donors (Lipinski definition) is 2. The van der Waals surface area contributed by atoms with Gasteiger partial charge in [0.05, 0.1) is 0 Å². The maximum Gasteiger partial charge on any atom is 0.248 e. The molecule has 0 saturated carbocycles. The zero-order chi connectivity index (χ0) is 13.7. The van der Waals surface area contributed by atoms with Crippen LogP contribution in [0.3, 0.4) is 0 Å². The minimum atomic E-state index is -0.366. The fourth-order valence-electron chi connectivity index (χ4n) is 2.76. The molecule has 1 aromatic rings. The van der Waals surface area contributed by atoms with Crippen LogP contribution >= 0.6 is 0 Å². The number of likely N-dealkylation sites (tertiary alicyclic amines) is 1. The van der Waals surface area contributed by atoms with Crippen LogP contribution in [-0.4, -0.2) is 36.5 Å². The zero-order valence-corrected chi connectivity index (χ0v) is 11.6. The van der Waals surface area contributed by atoms with E-state index in [9.17, 15) is 4.79 Å². The lowest BCUT2D eigenvalue weighted by Gasteiger charge is -2.23. The van der Waals surface area contributed by atoms with Gasteiger partial charge in [-0.3, -0.25) is 9.69 Å². The van der Waals surface area contributed by atoms with Crippen molar-refractivity contribution in [3.05, 3.63) is 35.4 Å². The van der Waals surface area contributed by atoms with E-state index in [0.717, 1.165) is 25.2 Å². The van der Waals surface area contributed by atoms with Crippen molar-refractivity contribution in [3.63, 3.8) is 0 Å². The molecule has 1 fully saturated rings. The second-order valence-electron chi connectivity index (χ2n) is 5.12. The third-order valence-corrected chi connectivity index (χ3v) is 3.83. The van der Waals surface area contributed by atoms with Crippen LogP contribution in [0.1, 0.15) is 35.7 Å². The van der Waals surface area contributed by atoms with Crippen molar-refractivity contribution < 1.29 is 4.79 Å². The Bertz CT molecular complexity index is 433. The van der Waals surface area contributed by atoms with E-state index in [0.29, 0.717) is 11.6 Å². The Balaban J connectivity index is 1.82. The van der Waals surface area contributed by atoms with Crippen molar-refractivity contribution in [2.24, 2.45) is 5.73 Å². The van der Waals surface area contributed by atoms with E-state index in [2.05, 4.69) is 17.1 Å². The van der Waals surface area contributed by atoms with E-state index >= 15 is 0 Å². The SMILES string of the molecule is CCN1CCCC1CNCc1cccc(C(N)=O)c1. The summed E-state index contributed by atoms with van der Waals surface area (Å²) in [5.41, 5.74) is 6.97. The van der Waals surface area contributed by atoms with Gasteiger partial charge in [-0.15, -0.1) is 0 Å². The third kappa shape index (κ3) is 3.78. The van der Waals surface area contributed by atoms with Crippen LogP contribution in [0.4, 0.5) is 0 Å². The molecular weight excluding hydrogens is 238 g/mol. The Kier molecular flexibility index (Phi) is 4.93. The van der Waals surface area contributed by atoms with Crippen LogP contribution in [0.25, 0.3) is 0 Å². The maximum atomic E-state index is 11.1. The fraction of sp³-hybridized carbons (Fsp3) is 0.533. The number of carbonyl (C=O) groups is 1. The van der Waals surface area contributed by atoms with Gasteiger partial charge in [0.15, 0.2) is 0 Å². The average molecular weight is 261 g/mol. The van der Waals surface area contributed by atoms with Crippen molar-refractivity contribution in [1.82, 2.24) is 10.2 Å². The van der Waals surface area contributed by atoms with Gasteiger partial charge in [0.25, 0.3) is 0 Å². The molecule has 1 aliphatic rings. The summed E-state index contributed by atoms with van der Waals surface area (Å²) in [6.45, 7) is 6.36. The van der Waals surface area contributed by atoms with E-state index in [-0.39, 0.29) is 5.91 Å². The molecule has 1 heterocycles. The van der Waals surface area contributed by atoms with Gasteiger partial charge in [0, 0.05) is 24.7 Å². The number of nitrogens with one attached hydrogen (secondary N) is 1. The van der Waals surface area contributed by atoms with Crippen molar-refractivity contribution in [3.8, 4) is 0 Å². The third-order valence-electron chi connectivity index (χ3n) is 3.83. The van der Waals surface area contributed by atoms with E-state index < -0.39 is 0 Å². The molecule has 0 aliphatic carbocycles. The van der Waals surface area contributed by atoms with Crippen LogP contribution < -0.4 is 11.1 Å². The number of nitrogens with two attached hydrogens (primary N) is 1. The number of nitrogens with zero attached hydrogens (tertiary/aromatic N) is 1. The van der Waals surface area contributed by atoms with Crippen molar-refractivity contribution in [2.45, 2.75) is 32.4 Å². The second kappa shape index (κ2) is 6.68. The van der Waals surface area contributed by atoms with E-state index in [4.69, 9.17) is 5.73 Å². The fourth-order valence-corrected chi connectivity index (χ4v) is 2.76. The Morgan fingerprint density at radius 1 is 1.53 bits per heavy atom. The average Bonchev–Trinajstić information content (AvgIpc) is 2.86. The maximum absolute atomic E-state index is 11.1. The Hall–Kier alpha value is -1.39. The standard InChI is InChI=1S/C15H23N3O/c1-2-18-8-4-7-14(18)11-17-10-12-5-3-6-13(9-12)15(16)19/h3,5-6,9,14,17H,2,4,7-8,10-11H2,1H3,(H2,16,19). The quantitative estimate of drug-likeness (QED) is 0.813. The number of likely N-dealkylation sites (N-methyl/N-ethyl adjacent to an activating group) is 1. The molecule has 3 N–H and O–H groups in total. The zero-order valence-electron chi connectivity index (χ0n) is 11.6. The molecular formula is C15H23N3O. The van der Waals surface area contributed by atoms with Gasteiger partial charge < -0.3 is 11.1 Å². The molecule has 0 spiro atoms. The summed E-state index contributed by atoms with van der Waals surface area (Å²) in [6.07, 6.45) is 2.58. The first-order valence-corrected chi connectivity index (χ1v) is 7.04. The summed E-state index contributed by atoms with van der Waals surface area (Å²) >= 11 is 0.